The highest BCUT2D eigenvalue weighted by molar-refractivity contribution is 5.76. The Kier molecular flexibility index (Phi) is 5.55. The van der Waals surface area contributed by atoms with Crippen LogP contribution >= 0.6 is 0 Å². The van der Waals surface area contributed by atoms with Crippen molar-refractivity contribution in [3.63, 3.8) is 0 Å². The normalized spacial score (nSPS) is 10.8. The molecule has 0 heterocycles. The van der Waals surface area contributed by atoms with Gasteiger partial charge in [0.15, 0.2) is 0 Å². The number of benzene rings is 2. The maximum Gasteiger partial charge on any atom is 0.115 e. The summed E-state index contributed by atoms with van der Waals surface area (Å²) in [7, 11) is 0. The number of aliphatic hydroxyl groups is 1. The number of phenolic OH excluding ortho intramolecular Hbond substituents is 1. The maximum absolute atomic E-state index is 9.45. The number of aliphatic hydroxyl groups excluding tert-OH is 1. The fraction of sp³-hybridized carbons (Fsp3) is 0.222. The Hall–Kier alpha value is -2.33. The summed E-state index contributed by atoms with van der Waals surface area (Å²) in [5.41, 5.74) is 8.36. The first-order chi connectivity index (χ1) is 10.6. The van der Waals surface area contributed by atoms with Crippen LogP contribution in [0.4, 0.5) is 0 Å². The lowest BCUT2D eigenvalue weighted by Gasteiger charge is -2.18. The first-order valence-electron chi connectivity index (χ1n) is 7.28. The highest BCUT2D eigenvalue weighted by atomic mass is 16.3. The molecule has 1 radical (unpaired) electrons. The number of nitrogens with one attached hydrogen (secondary N) is 1. The van der Waals surface area contributed by atoms with Gasteiger partial charge in [0.2, 0.25) is 0 Å². The molecule has 5 N–H and O–H groups in total. The molecule has 4 nitrogen and oxygen atoms in total. The average molecular weight is 297 g/mol. The van der Waals surface area contributed by atoms with Gasteiger partial charge in [-0.15, -0.1) is 0 Å². The Labute approximate surface area is 130 Å². The van der Waals surface area contributed by atoms with E-state index in [4.69, 9.17) is 11.1 Å². The van der Waals surface area contributed by atoms with Crippen LogP contribution in [0.3, 0.4) is 0 Å². The molecule has 0 saturated heterocycles. The Morgan fingerprint density at radius 3 is 2.36 bits per heavy atom. The van der Waals surface area contributed by atoms with Gasteiger partial charge in [0.05, 0.1) is 12.4 Å². The van der Waals surface area contributed by atoms with Gasteiger partial charge < -0.3 is 15.9 Å². The second-order valence-electron chi connectivity index (χ2n) is 5.26. The molecule has 0 aliphatic carbocycles. The summed E-state index contributed by atoms with van der Waals surface area (Å²) in [6.45, 7) is 0.00411. The number of aromatic hydroxyl groups is 1. The molecule has 0 saturated carbocycles. The van der Waals surface area contributed by atoms with Crippen molar-refractivity contribution in [2.45, 2.75) is 25.9 Å². The van der Waals surface area contributed by atoms with Crippen molar-refractivity contribution >= 4 is 5.84 Å². The van der Waals surface area contributed by atoms with Crippen molar-refractivity contribution in [1.82, 2.24) is 0 Å². The third kappa shape index (κ3) is 4.33. The van der Waals surface area contributed by atoms with E-state index in [2.05, 4.69) is 0 Å². The summed E-state index contributed by atoms with van der Waals surface area (Å²) in [5.74, 6) is 1.54. The van der Waals surface area contributed by atoms with Crippen LogP contribution in [0, 0.1) is 11.3 Å². The Morgan fingerprint density at radius 2 is 1.73 bits per heavy atom. The molecule has 0 amide bonds. The van der Waals surface area contributed by atoms with E-state index in [-0.39, 0.29) is 18.2 Å². The zero-order valence-corrected chi connectivity index (χ0v) is 12.4. The van der Waals surface area contributed by atoms with Gasteiger partial charge in [0, 0.05) is 12.3 Å². The Balaban J connectivity index is 2.27. The first-order valence-corrected chi connectivity index (χ1v) is 7.28. The van der Waals surface area contributed by atoms with Gasteiger partial charge in [-0.25, -0.2) is 0 Å². The van der Waals surface area contributed by atoms with Gasteiger partial charge in [0.25, 0.3) is 0 Å². The lowest BCUT2D eigenvalue weighted by Crippen LogP contribution is -2.10. The van der Waals surface area contributed by atoms with E-state index in [1.165, 1.54) is 0 Å². The molecule has 0 aliphatic rings. The van der Waals surface area contributed by atoms with Crippen LogP contribution in [-0.2, 0) is 6.61 Å². The molecule has 0 aromatic heterocycles. The number of hydrogen-bond donors (Lipinski definition) is 4. The van der Waals surface area contributed by atoms with E-state index in [0.29, 0.717) is 6.42 Å². The zero-order chi connectivity index (χ0) is 15.9. The summed E-state index contributed by atoms with van der Waals surface area (Å²) in [4.78, 5) is 0. The molecule has 22 heavy (non-hydrogen) atoms. The lowest BCUT2D eigenvalue weighted by molar-refractivity contribution is 0.282. The fourth-order valence-corrected chi connectivity index (χ4v) is 2.43. The van der Waals surface area contributed by atoms with Crippen molar-refractivity contribution in [1.29, 1.82) is 5.41 Å². The number of phenols is 1. The molecule has 0 bridgehead atoms. The Bertz CT molecular complexity index is 623. The molecule has 0 atom stereocenters. The molecular weight excluding hydrogens is 276 g/mol. The van der Waals surface area contributed by atoms with Gasteiger partial charge in [-0.3, -0.25) is 5.41 Å². The molecular formula is C18H21N2O2. The second-order valence-corrected chi connectivity index (χ2v) is 5.26. The predicted molar refractivity (Wildman–Crippen MR) is 87.7 cm³/mol. The number of hydrogen-bond acceptors (Lipinski definition) is 3. The molecule has 2 rings (SSSR count). The molecule has 0 aliphatic heterocycles. The van der Waals surface area contributed by atoms with Crippen LogP contribution in [-0.4, -0.2) is 16.0 Å². The van der Waals surface area contributed by atoms with Crippen LogP contribution in [0.2, 0.25) is 0 Å². The summed E-state index contributed by atoms with van der Waals surface area (Å²) in [5, 5.41) is 26.1. The van der Waals surface area contributed by atoms with Crippen molar-refractivity contribution in [3.05, 3.63) is 71.1 Å². The molecule has 4 heteroatoms. The molecule has 115 valence electrons. The van der Waals surface area contributed by atoms with Gasteiger partial charge in [-0.05, 0) is 41.7 Å². The standard InChI is InChI=1S/C18H21N2O2/c19-18(20)6-2-5-17(14-7-9-16(22)10-8-14)15-4-1-3-13(11-15)12-21/h1,3-4,7-11,21-22H,2,5-6,12H2,(H3,19,20). The molecule has 2 aromatic carbocycles. The van der Waals surface area contributed by atoms with E-state index >= 15 is 0 Å². The Morgan fingerprint density at radius 1 is 1.00 bits per heavy atom. The third-order valence-corrected chi connectivity index (χ3v) is 3.55. The predicted octanol–water partition coefficient (Wildman–Crippen LogP) is 2.96. The van der Waals surface area contributed by atoms with Crippen LogP contribution in [0.5, 0.6) is 5.75 Å². The van der Waals surface area contributed by atoms with Crippen LogP contribution in [0.15, 0.2) is 48.5 Å². The van der Waals surface area contributed by atoms with E-state index in [1.54, 1.807) is 12.1 Å². The van der Waals surface area contributed by atoms with Gasteiger partial charge in [-0.1, -0.05) is 36.4 Å². The zero-order valence-electron chi connectivity index (χ0n) is 12.4. The number of rotatable bonds is 7. The SMILES string of the molecule is N=C(N)CCC[C](c1ccc(O)cc1)c1cccc(CO)c1. The summed E-state index contributed by atoms with van der Waals surface area (Å²) in [6, 6.07) is 14.9. The van der Waals surface area contributed by atoms with E-state index in [9.17, 15) is 10.2 Å². The lowest BCUT2D eigenvalue weighted by atomic mass is 9.86. The monoisotopic (exact) mass is 297 g/mol. The van der Waals surface area contributed by atoms with Crippen LogP contribution in [0.25, 0.3) is 0 Å². The van der Waals surface area contributed by atoms with E-state index < -0.39 is 0 Å². The fourth-order valence-electron chi connectivity index (χ4n) is 2.43. The minimum Gasteiger partial charge on any atom is -0.508 e. The van der Waals surface area contributed by atoms with Crippen molar-refractivity contribution in [2.75, 3.05) is 0 Å². The highest BCUT2D eigenvalue weighted by Crippen LogP contribution is 2.30. The van der Waals surface area contributed by atoms with Crippen molar-refractivity contribution in [2.24, 2.45) is 5.73 Å². The van der Waals surface area contributed by atoms with Crippen molar-refractivity contribution < 1.29 is 10.2 Å². The van der Waals surface area contributed by atoms with E-state index in [1.807, 2.05) is 36.4 Å². The molecule has 2 aromatic rings. The first kappa shape index (κ1) is 16.0. The maximum atomic E-state index is 9.45. The van der Waals surface area contributed by atoms with Crippen LogP contribution < -0.4 is 5.73 Å². The second kappa shape index (κ2) is 7.61. The van der Waals surface area contributed by atoms with Gasteiger partial charge in [0.1, 0.15) is 5.75 Å². The van der Waals surface area contributed by atoms with E-state index in [0.717, 1.165) is 35.4 Å². The minimum atomic E-state index is 0.00411. The third-order valence-electron chi connectivity index (χ3n) is 3.55. The quantitative estimate of drug-likeness (QED) is 0.468. The van der Waals surface area contributed by atoms with Crippen molar-refractivity contribution in [3.8, 4) is 5.75 Å². The summed E-state index contributed by atoms with van der Waals surface area (Å²) in [6.07, 6.45) is 2.12. The van der Waals surface area contributed by atoms with Gasteiger partial charge in [-0.2, -0.15) is 0 Å². The topological polar surface area (TPSA) is 90.3 Å². The van der Waals surface area contributed by atoms with Gasteiger partial charge >= 0.3 is 0 Å². The number of amidine groups is 1. The van der Waals surface area contributed by atoms with Crippen LogP contribution in [0.1, 0.15) is 36.0 Å². The smallest absolute Gasteiger partial charge is 0.115 e. The average Bonchev–Trinajstić information content (AvgIpc) is 2.52. The molecule has 0 unspecified atom stereocenters. The minimum absolute atomic E-state index is 0.00411. The summed E-state index contributed by atoms with van der Waals surface area (Å²) < 4.78 is 0. The summed E-state index contributed by atoms with van der Waals surface area (Å²) >= 11 is 0. The number of nitrogens with two attached hydrogens (primary N) is 1. The highest BCUT2D eigenvalue weighted by Gasteiger charge is 2.15. The largest absolute Gasteiger partial charge is 0.508 e. The molecule has 0 spiro atoms. The molecule has 0 fully saturated rings.